The van der Waals surface area contributed by atoms with Crippen LogP contribution in [0.3, 0.4) is 0 Å². The molecule has 3 heteroatoms. The van der Waals surface area contributed by atoms with Crippen molar-refractivity contribution in [2.45, 2.75) is 33.7 Å². The molecule has 0 aliphatic heterocycles. The molecule has 2 nitrogen and oxygen atoms in total. The van der Waals surface area contributed by atoms with E-state index in [1.807, 2.05) is 6.92 Å². The molecule has 0 radical (unpaired) electrons. The van der Waals surface area contributed by atoms with Crippen LogP contribution in [0.2, 0.25) is 0 Å². The van der Waals surface area contributed by atoms with E-state index in [1.54, 1.807) is 11.3 Å². The summed E-state index contributed by atoms with van der Waals surface area (Å²) < 4.78 is 0. The first-order valence-electron chi connectivity index (χ1n) is 4.89. The van der Waals surface area contributed by atoms with E-state index < -0.39 is 0 Å². The standard InChI is InChI=1S/C11H18N2S/c1-6-12-10(7(2)3)11-8(4)13-9(5)14-11/h10,12H,2,6H2,1,3-5H3. The second-order valence-corrected chi connectivity index (χ2v) is 4.75. The third kappa shape index (κ3) is 2.42. The van der Waals surface area contributed by atoms with Crippen LogP contribution in [-0.4, -0.2) is 11.5 Å². The molecule has 0 fully saturated rings. The summed E-state index contributed by atoms with van der Waals surface area (Å²) in [6.45, 7) is 13.2. The van der Waals surface area contributed by atoms with Gasteiger partial charge in [0, 0.05) is 4.88 Å². The molecule has 0 aliphatic carbocycles. The van der Waals surface area contributed by atoms with Crippen molar-refractivity contribution in [2.24, 2.45) is 0 Å². The maximum atomic E-state index is 4.43. The van der Waals surface area contributed by atoms with Crippen molar-refractivity contribution >= 4 is 11.3 Å². The van der Waals surface area contributed by atoms with Crippen LogP contribution >= 0.6 is 11.3 Å². The normalized spacial score (nSPS) is 12.9. The summed E-state index contributed by atoms with van der Waals surface area (Å²) in [6, 6.07) is 0.270. The van der Waals surface area contributed by atoms with Gasteiger partial charge in [-0.2, -0.15) is 0 Å². The van der Waals surface area contributed by atoms with Crippen LogP contribution < -0.4 is 5.32 Å². The lowest BCUT2D eigenvalue weighted by Crippen LogP contribution is -2.21. The third-order valence-electron chi connectivity index (χ3n) is 2.10. The Morgan fingerprint density at radius 3 is 2.57 bits per heavy atom. The Morgan fingerprint density at radius 1 is 1.57 bits per heavy atom. The Balaban J connectivity index is 2.98. The maximum Gasteiger partial charge on any atom is 0.0900 e. The third-order valence-corrected chi connectivity index (χ3v) is 3.24. The van der Waals surface area contributed by atoms with E-state index in [4.69, 9.17) is 0 Å². The van der Waals surface area contributed by atoms with E-state index in [1.165, 1.54) is 4.88 Å². The summed E-state index contributed by atoms with van der Waals surface area (Å²) in [5, 5.41) is 4.55. The smallest absolute Gasteiger partial charge is 0.0900 e. The van der Waals surface area contributed by atoms with Crippen molar-refractivity contribution in [3.63, 3.8) is 0 Å². The highest BCUT2D eigenvalue weighted by molar-refractivity contribution is 7.11. The number of nitrogens with zero attached hydrogens (tertiary/aromatic N) is 1. The van der Waals surface area contributed by atoms with Crippen LogP contribution in [0.25, 0.3) is 0 Å². The van der Waals surface area contributed by atoms with Gasteiger partial charge in [-0.15, -0.1) is 11.3 Å². The van der Waals surface area contributed by atoms with Gasteiger partial charge in [-0.25, -0.2) is 4.98 Å². The fraction of sp³-hybridized carbons (Fsp3) is 0.545. The molecule has 14 heavy (non-hydrogen) atoms. The molecule has 1 aromatic rings. The molecule has 0 aliphatic rings. The molecule has 0 aromatic carbocycles. The molecule has 1 atom stereocenters. The fourth-order valence-corrected chi connectivity index (χ4v) is 2.61. The van der Waals surface area contributed by atoms with Gasteiger partial charge in [-0.3, -0.25) is 0 Å². The van der Waals surface area contributed by atoms with Gasteiger partial charge in [0.1, 0.15) is 0 Å². The van der Waals surface area contributed by atoms with Crippen LogP contribution in [0.4, 0.5) is 0 Å². The van der Waals surface area contributed by atoms with E-state index in [0.717, 1.165) is 22.8 Å². The summed E-state index contributed by atoms with van der Waals surface area (Å²) in [6.07, 6.45) is 0. The summed E-state index contributed by atoms with van der Waals surface area (Å²) in [5.74, 6) is 0. The number of likely N-dealkylation sites (N-methyl/N-ethyl adjacent to an activating group) is 1. The molecular formula is C11H18N2S. The fourth-order valence-electron chi connectivity index (χ4n) is 1.51. The summed E-state index contributed by atoms with van der Waals surface area (Å²) in [5.41, 5.74) is 2.28. The predicted octanol–water partition coefficient (Wildman–Crippen LogP) is 2.99. The lowest BCUT2D eigenvalue weighted by atomic mass is 10.1. The first-order valence-corrected chi connectivity index (χ1v) is 5.70. The number of aromatic nitrogens is 1. The Kier molecular flexibility index (Phi) is 3.84. The lowest BCUT2D eigenvalue weighted by molar-refractivity contribution is 0.626. The second-order valence-electron chi connectivity index (χ2n) is 3.52. The molecule has 1 aromatic heterocycles. The van der Waals surface area contributed by atoms with E-state index in [9.17, 15) is 0 Å². The van der Waals surface area contributed by atoms with E-state index in [-0.39, 0.29) is 6.04 Å². The van der Waals surface area contributed by atoms with Crippen LogP contribution in [0, 0.1) is 13.8 Å². The lowest BCUT2D eigenvalue weighted by Gasteiger charge is -2.16. The van der Waals surface area contributed by atoms with Gasteiger partial charge in [-0.1, -0.05) is 19.1 Å². The van der Waals surface area contributed by atoms with Crippen molar-refractivity contribution in [3.8, 4) is 0 Å². The monoisotopic (exact) mass is 210 g/mol. The molecule has 1 rings (SSSR count). The largest absolute Gasteiger partial charge is 0.306 e. The zero-order chi connectivity index (χ0) is 10.7. The van der Waals surface area contributed by atoms with Crippen LogP contribution in [-0.2, 0) is 0 Å². The Labute approximate surface area is 90.1 Å². The minimum absolute atomic E-state index is 0.270. The number of hydrogen-bond acceptors (Lipinski definition) is 3. The van der Waals surface area contributed by atoms with E-state index in [0.29, 0.717) is 0 Å². The topological polar surface area (TPSA) is 24.9 Å². The minimum atomic E-state index is 0.270. The molecule has 0 saturated heterocycles. The SMILES string of the molecule is C=C(C)C(NCC)c1sc(C)nc1C. The van der Waals surface area contributed by atoms with Crippen LogP contribution in [0.1, 0.15) is 35.5 Å². The number of aryl methyl sites for hydroxylation is 2. The molecule has 1 unspecified atom stereocenters. The Bertz CT molecular complexity index is 328. The first kappa shape index (κ1) is 11.4. The van der Waals surface area contributed by atoms with Gasteiger partial charge in [-0.05, 0) is 27.3 Å². The summed E-state index contributed by atoms with van der Waals surface area (Å²) >= 11 is 1.76. The van der Waals surface area contributed by atoms with Gasteiger partial charge >= 0.3 is 0 Å². The molecule has 0 bridgehead atoms. The molecular weight excluding hydrogens is 192 g/mol. The van der Waals surface area contributed by atoms with E-state index >= 15 is 0 Å². The molecule has 0 amide bonds. The van der Waals surface area contributed by atoms with Gasteiger partial charge in [0.05, 0.1) is 16.7 Å². The highest BCUT2D eigenvalue weighted by atomic mass is 32.1. The highest BCUT2D eigenvalue weighted by Crippen LogP contribution is 2.28. The summed E-state index contributed by atoms with van der Waals surface area (Å²) in [4.78, 5) is 5.74. The molecule has 0 spiro atoms. The zero-order valence-electron chi connectivity index (χ0n) is 9.35. The van der Waals surface area contributed by atoms with Crippen molar-refractivity contribution < 1.29 is 0 Å². The molecule has 0 saturated carbocycles. The van der Waals surface area contributed by atoms with Crippen molar-refractivity contribution in [3.05, 3.63) is 27.7 Å². The maximum absolute atomic E-state index is 4.43. The van der Waals surface area contributed by atoms with Gasteiger partial charge < -0.3 is 5.32 Å². The van der Waals surface area contributed by atoms with Crippen molar-refractivity contribution in [1.29, 1.82) is 0 Å². The first-order chi connectivity index (χ1) is 6.56. The van der Waals surface area contributed by atoms with Gasteiger partial charge in [0.15, 0.2) is 0 Å². The number of thiazole rings is 1. The van der Waals surface area contributed by atoms with Crippen molar-refractivity contribution in [2.75, 3.05) is 6.54 Å². The van der Waals surface area contributed by atoms with Crippen molar-refractivity contribution in [1.82, 2.24) is 10.3 Å². The van der Waals surface area contributed by atoms with Gasteiger partial charge in [0.2, 0.25) is 0 Å². The van der Waals surface area contributed by atoms with Crippen LogP contribution in [0.5, 0.6) is 0 Å². The highest BCUT2D eigenvalue weighted by Gasteiger charge is 2.16. The molecule has 78 valence electrons. The second kappa shape index (κ2) is 4.71. The summed E-state index contributed by atoms with van der Waals surface area (Å²) in [7, 11) is 0. The quantitative estimate of drug-likeness (QED) is 0.773. The number of rotatable bonds is 4. The van der Waals surface area contributed by atoms with Gasteiger partial charge in [0.25, 0.3) is 0 Å². The Hall–Kier alpha value is -0.670. The zero-order valence-corrected chi connectivity index (χ0v) is 10.2. The molecule has 1 heterocycles. The van der Waals surface area contributed by atoms with Crippen LogP contribution in [0.15, 0.2) is 12.2 Å². The average Bonchev–Trinajstić information content (AvgIpc) is 2.40. The Morgan fingerprint density at radius 2 is 2.21 bits per heavy atom. The molecule has 1 N–H and O–H groups in total. The number of hydrogen-bond donors (Lipinski definition) is 1. The average molecular weight is 210 g/mol. The van der Waals surface area contributed by atoms with E-state index in [2.05, 4.69) is 37.7 Å². The predicted molar refractivity (Wildman–Crippen MR) is 62.8 cm³/mol. The number of nitrogens with one attached hydrogen (secondary N) is 1. The minimum Gasteiger partial charge on any atom is -0.306 e.